The average molecular weight is 405 g/mol. The second-order valence-corrected chi connectivity index (χ2v) is 6.63. The molecule has 2 N–H and O–H groups in total. The molecule has 7 nitrogen and oxygen atoms in total. The van der Waals surface area contributed by atoms with E-state index in [1.165, 1.54) is 12.8 Å². The maximum absolute atomic E-state index is 12.0. The number of anilines is 1. The van der Waals surface area contributed by atoms with Gasteiger partial charge in [-0.1, -0.05) is 0 Å². The van der Waals surface area contributed by atoms with Gasteiger partial charge in [-0.2, -0.15) is 0 Å². The number of aromatic nitrogens is 1. The Kier molecular flexibility index (Phi) is 8.62. The van der Waals surface area contributed by atoms with Crippen molar-refractivity contribution in [1.82, 2.24) is 14.8 Å². The lowest BCUT2D eigenvalue weighted by Gasteiger charge is -2.10. The van der Waals surface area contributed by atoms with Crippen molar-refractivity contribution in [2.75, 3.05) is 39.0 Å². The Bertz CT molecular complexity index is 784. The van der Waals surface area contributed by atoms with Gasteiger partial charge in [-0.25, -0.2) is 4.79 Å². The number of halogens is 2. The molecule has 0 bridgehead atoms. The first-order valence-corrected chi connectivity index (χ1v) is 8.31. The minimum atomic E-state index is -0.374. The molecule has 1 aromatic carbocycles. The molecule has 1 heterocycles. The number of hydrogen-bond donors (Lipinski definition) is 2. The summed E-state index contributed by atoms with van der Waals surface area (Å²) in [5.41, 5.74) is 1.90. The predicted molar refractivity (Wildman–Crippen MR) is 108 cm³/mol. The number of fused-ring (bicyclic) bond motifs is 1. The molecule has 0 unspecified atom stereocenters. The van der Waals surface area contributed by atoms with Crippen LogP contribution in [0.2, 0.25) is 0 Å². The van der Waals surface area contributed by atoms with Crippen molar-refractivity contribution >= 4 is 47.5 Å². The number of oxazole rings is 1. The lowest BCUT2D eigenvalue weighted by Crippen LogP contribution is -2.29. The number of nitrogens with zero attached hydrogens (tertiary/aromatic N) is 2. The Labute approximate surface area is 164 Å². The smallest absolute Gasteiger partial charge is 0.408 e. The molecule has 146 valence electrons. The summed E-state index contributed by atoms with van der Waals surface area (Å²) >= 11 is 0. The molecule has 2 aromatic rings. The molecule has 0 atom stereocenters. The molecule has 0 spiro atoms. The van der Waals surface area contributed by atoms with Crippen LogP contribution in [0, 0.1) is 5.92 Å². The maximum atomic E-state index is 12.0. The second-order valence-electron chi connectivity index (χ2n) is 6.63. The van der Waals surface area contributed by atoms with E-state index in [1.54, 1.807) is 22.8 Å². The SMILES string of the molecule is CN(C)CCn1c(=O)oc2ccc(NC(=O)CNCC3CC3)cc21.Cl.Cl. The number of rotatable bonds is 8. The monoisotopic (exact) mass is 404 g/mol. The van der Waals surface area contributed by atoms with E-state index in [4.69, 9.17) is 4.42 Å². The maximum Gasteiger partial charge on any atom is 0.419 e. The van der Waals surface area contributed by atoms with Crippen molar-refractivity contribution in [2.45, 2.75) is 19.4 Å². The van der Waals surface area contributed by atoms with Gasteiger partial charge in [-0.15, -0.1) is 24.8 Å². The van der Waals surface area contributed by atoms with Gasteiger partial charge in [0.25, 0.3) is 0 Å². The normalized spacial score (nSPS) is 13.3. The molecule has 1 aliphatic carbocycles. The third-order valence-corrected chi connectivity index (χ3v) is 4.14. The molecule has 1 fully saturated rings. The Morgan fingerprint density at radius 3 is 2.69 bits per heavy atom. The van der Waals surface area contributed by atoms with Crippen molar-refractivity contribution in [3.8, 4) is 0 Å². The van der Waals surface area contributed by atoms with E-state index in [9.17, 15) is 9.59 Å². The van der Waals surface area contributed by atoms with Gasteiger partial charge >= 0.3 is 5.76 Å². The molecule has 1 aliphatic rings. The molecule has 26 heavy (non-hydrogen) atoms. The van der Waals surface area contributed by atoms with Gasteiger partial charge < -0.3 is 20.0 Å². The molecular formula is C17H26Cl2N4O3. The van der Waals surface area contributed by atoms with Gasteiger partial charge in [-0.3, -0.25) is 9.36 Å². The molecule has 0 aliphatic heterocycles. The van der Waals surface area contributed by atoms with E-state index >= 15 is 0 Å². The number of carbonyl (C=O) groups is 1. The highest BCUT2D eigenvalue weighted by atomic mass is 35.5. The first-order valence-electron chi connectivity index (χ1n) is 8.31. The zero-order chi connectivity index (χ0) is 17.1. The van der Waals surface area contributed by atoms with Crippen LogP contribution in [0.5, 0.6) is 0 Å². The summed E-state index contributed by atoms with van der Waals surface area (Å²) in [5.74, 6) is 0.285. The quantitative estimate of drug-likeness (QED) is 0.702. The molecule has 3 rings (SSSR count). The summed E-state index contributed by atoms with van der Waals surface area (Å²) in [4.78, 5) is 26.0. The third-order valence-electron chi connectivity index (χ3n) is 4.14. The fourth-order valence-corrected chi connectivity index (χ4v) is 2.57. The number of nitrogens with one attached hydrogen (secondary N) is 2. The molecular weight excluding hydrogens is 379 g/mol. The van der Waals surface area contributed by atoms with Crippen LogP contribution in [0.1, 0.15) is 12.8 Å². The highest BCUT2D eigenvalue weighted by Crippen LogP contribution is 2.27. The summed E-state index contributed by atoms with van der Waals surface area (Å²) in [5, 5.41) is 6.02. The highest BCUT2D eigenvalue weighted by molar-refractivity contribution is 5.94. The lowest BCUT2D eigenvalue weighted by molar-refractivity contribution is -0.115. The predicted octanol–water partition coefficient (Wildman–Crippen LogP) is 1.94. The van der Waals surface area contributed by atoms with Crippen molar-refractivity contribution in [3.63, 3.8) is 0 Å². The van der Waals surface area contributed by atoms with Crippen LogP contribution in [-0.2, 0) is 11.3 Å². The van der Waals surface area contributed by atoms with Crippen molar-refractivity contribution in [2.24, 2.45) is 5.92 Å². The minimum absolute atomic E-state index is 0. The molecule has 1 amide bonds. The Balaban J connectivity index is 0.00000169. The topological polar surface area (TPSA) is 79.5 Å². The molecule has 1 saturated carbocycles. The van der Waals surface area contributed by atoms with Crippen LogP contribution in [0.15, 0.2) is 27.4 Å². The highest BCUT2D eigenvalue weighted by Gasteiger charge is 2.20. The van der Waals surface area contributed by atoms with Crippen LogP contribution in [0.25, 0.3) is 11.1 Å². The van der Waals surface area contributed by atoms with E-state index in [2.05, 4.69) is 10.6 Å². The van der Waals surface area contributed by atoms with Gasteiger partial charge in [0.2, 0.25) is 5.91 Å². The zero-order valence-electron chi connectivity index (χ0n) is 15.0. The van der Waals surface area contributed by atoms with Gasteiger partial charge in [0.05, 0.1) is 12.1 Å². The number of carbonyl (C=O) groups excluding carboxylic acids is 1. The molecule has 9 heteroatoms. The summed E-state index contributed by atoms with van der Waals surface area (Å²) in [7, 11) is 3.90. The Morgan fingerprint density at radius 1 is 1.31 bits per heavy atom. The summed E-state index contributed by atoms with van der Waals surface area (Å²) < 4.78 is 6.85. The van der Waals surface area contributed by atoms with Crippen LogP contribution in [0.3, 0.4) is 0 Å². The van der Waals surface area contributed by atoms with Gasteiger partial charge in [0, 0.05) is 18.8 Å². The van der Waals surface area contributed by atoms with E-state index < -0.39 is 0 Å². The van der Waals surface area contributed by atoms with Gasteiger partial charge in [-0.05, 0) is 57.6 Å². The fraction of sp³-hybridized carbons (Fsp3) is 0.529. The van der Waals surface area contributed by atoms with Crippen molar-refractivity contribution < 1.29 is 9.21 Å². The lowest BCUT2D eigenvalue weighted by atomic mass is 10.2. The van der Waals surface area contributed by atoms with Crippen LogP contribution in [-0.4, -0.2) is 49.1 Å². The second kappa shape index (κ2) is 9.97. The van der Waals surface area contributed by atoms with E-state index in [-0.39, 0.29) is 36.5 Å². The van der Waals surface area contributed by atoms with Gasteiger partial charge in [0.15, 0.2) is 5.58 Å². The molecule has 0 saturated heterocycles. The van der Waals surface area contributed by atoms with E-state index in [0.29, 0.717) is 29.9 Å². The Hall–Kier alpha value is -1.54. The van der Waals surface area contributed by atoms with Crippen molar-refractivity contribution in [3.05, 3.63) is 28.7 Å². The van der Waals surface area contributed by atoms with E-state index in [0.717, 1.165) is 19.0 Å². The largest absolute Gasteiger partial charge is 0.419 e. The van der Waals surface area contributed by atoms with E-state index in [1.807, 2.05) is 19.0 Å². The first kappa shape index (κ1) is 22.5. The third kappa shape index (κ3) is 6.02. The number of amides is 1. The first-order chi connectivity index (χ1) is 11.5. The summed E-state index contributed by atoms with van der Waals surface area (Å²) in [6, 6.07) is 5.26. The summed E-state index contributed by atoms with van der Waals surface area (Å²) in [6.07, 6.45) is 2.52. The van der Waals surface area contributed by atoms with Crippen LogP contribution < -0.4 is 16.4 Å². The standard InChI is InChI=1S/C17H24N4O3.2ClH/c1-20(2)7-8-21-14-9-13(5-6-15(14)24-17(21)23)19-16(22)11-18-10-12-3-4-12;;/h5-6,9,12,18H,3-4,7-8,10-11H2,1-2H3,(H,19,22);2*1H. The zero-order valence-corrected chi connectivity index (χ0v) is 16.6. The number of likely N-dealkylation sites (N-methyl/N-ethyl adjacent to an activating group) is 1. The average Bonchev–Trinajstić information content (AvgIpc) is 3.28. The number of benzene rings is 1. The molecule has 1 aromatic heterocycles. The van der Waals surface area contributed by atoms with Crippen molar-refractivity contribution in [1.29, 1.82) is 0 Å². The Morgan fingerprint density at radius 2 is 2.04 bits per heavy atom. The fourth-order valence-electron chi connectivity index (χ4n) is 2.57. The van der Waals surface area contributed by atoms with Crippen LogP contribution in [0.4, 0.5) is 5.69 Å². The minimum Gasteiger partial charge on any atom is -0.408 e. The van der Waals surface area contributed by atoms with Crippen LogP contribution >= 0.6 is 24.8 Å². The van der Waals surface area contributed by atoms with Gasteiger partial charge in [0.1, 0.15) is 0 Å². The molecule has 0 radical (unpaired) electrons. The number of hydrogen-bond acceptors (Lipinski definition) is 5. The summed E-state index contributed by atoms with van der Waals surface area (Å²) in [6.45, 7) is 2.47.